The molecule has 0 unspecified atom stereocenters. The molecule has 0 fully saturated rings. The average Bonchev–Trinajstić information content (AvgIpc) is 2.42. The van der Waals surface area contributed by atoms with Crippen molar-refractivity contribution in [3.05, 3.63) is 29.8 Å². The van der Waals surface area contributed by atoms with Crippen molar-refractivity contribution in [3.8, 4) is 0 Å². The van der Waals surface area contributed by atoms with Crippen molar-refractivity contribution in [2.24, 2.45) is 10.7 Å². The minimum Gasteiger partial charge on any atom is -0.370 e. The zero-order valence-corrected chi connectivity index (χ0v) is 12.9. The maximum Gasteiger partial charge on any atom is 0.242 e. The standard InChI is InChI=1S/C13H22N4O2S/c1-4-9-15-13(14)16-10-11-7-5-6-8-12(11)20(18,19)17(2)3/h5-8H,4,9-10H2,1-3H3,(H3,14,15,16). The van der Waals surface area contributed by atoms with Crippen molar-refractivity contribution < 1.29 is 8.42 Å². The van der Waals surface area contributed by atoms with Gasteiger partial charge < -0.3 is 11.1 Å². The number of sulfonamides is 1. The molecule has 0 atom stereocenters. The minimum absolute atomic E-state index is 0.228. The van der Waals surface area contributed by atoms with Crippen molar-refractivity contribution in [1.29, 1.82) is 0 Å². The number of nitrogens with zero attached hydrogens (tertiary/aromatic N) is 2. The van der Waals surface area contributed by atoms with E-state index < -0.39 is 10.0 Å². The number of hydrogen-bond acceptors (Lipinski definition) is 3. The monoisotopic (exact) mass is 298 g/mol. The quantitative estimate of drug-likeness (QED) is 0.599. The number of benzene rings is 1. The summed E-state index contributed by atoms with van der Waals surface area (Å²) in [4.78, 5) is 4.43. The molecule has 0 saturated carbocycles. The smallest absolute Gasteiger partial charge is 0.242 e. The molecule has 6 nitrogen and oxygen atoms in total. The van der Waals surface area contributed by atoms with E-state index in [4.69, 9.17) is 5.73 Å². The molecule has 0 bridgehead atoms. The van der Waals surface area contributed by atoms with Crippen LogP contribution in [0.3, 0.4) is 0 Å². The summed E-state index contributed by atoms with van der Waals surface area (Å²) in [5.74, 6) is 0.323. The van der Waals surface area contributed by atoms with Crippen LogP contribution >= 0.6 is 0 Å². The molecule has 20 heavy (non-hydrogen) atoms. The van der Waals surface area contributed by atoms with Gasteiger partial charge in [-0.15, -0.1) is 0 Å². The Morgan fingerprint density at radius 1 is 1.35 bits per heavy atom. The molecule has 3 N–H and O–H groups in total. The highest BCUT2D eigenvalue weighted by Crippen LogP contribution is 2.19. The van der Waals surface area contributed by atoms with E-state index in [1.54, 1.807) is 24.3 Å². The zero-order chi connectivity index (χ0) is 15.2. The Hall–Kier alpha value is -1.60. The summed E-state index contributed by atoms with van der Waals surface area (Å²) in [5, 5.41) is 2.95. The number of aliphatic imine (C=N–C) groups is 1. The van der Waals surface area contributed by atoms with Crippen molar-refractivity contribution in [2.75, 3.05) is 20.6 Å². The summed E-state index contributed by atoms with van der Waals surface area (Å²) in [6.45, 7) is 3.00. The maximum atomic E-state index is 12.2. The molecule has 0 heterocycles. The topological polar surface area (TPSA) is 87.8 Å². The van der Waals surface area contributed by atoms with Crippen molar-refractivity contribution >= 4 is 16.0 Å². The lowest BCUT2D eigenvalue weighted by atomic mass is 10.2. The second kappa shape index (κ2) is 7.25. The highest BCUT2D eigenvalue weighted by atomic mass is 32.2. The van der Waals surface area contributed by atoms with E-state index in [-0.39, 0.29) is 11.4 Å². The first-order chi connectivity index (χ1) is 9.39. The van der Waals surface area contributed by atoms with Crippen LogP contribution in [0.25, 0.3) is 0 Å². The van der Waals surface area contributed by atoms with Crippen LogP contribution in [0.1, 0.15) is 18.9 Å². The lowest BCUT2D eigenvalue weighted by molar-refractivity contribution is 0.519. The number of nitrogens with two attached hydrogens (primary N) is 1. The van der Waals surface area contributed by atoms with Crippen LogP contribution in [0.15, 0.2) is 34.2 Å². The van der Waals surface area contributed by atoms with E-state index in [0.717, 1.165) is 13.0 Å². The summed E-state index contributed by atoms with van der Waals surface area (Å²) in [5.41, 5.74) is 6.33. The first-order valence-corrected chi connectivity index (χ1v) is 7.87. The first-order valence-electron chi connectivity index (χ1n) is 6.43. The largest absolute Gasteiger partial charge is 0.370 e. The first kappa shape index (κ1) is 16.5. The van der Waals surface area contributed by atoms with Crippen LogP contribution in [-0.4, -0.2) is 39.3 Å². The fourth-order valence-electron chi connectivity index (χ4n) is 1.56. The Kier molecular flexibility index (Phi) is 5.97. The minimum atomic E-state index is -3.47. The Morgan fingerprint density at radius 2 is 2.00 bits per heavy atom. The van der Waals surface area contributed by atoms with Gasteiger partial charge in [0.25, 0.3) is 0 Å². The zero-order valence-electron chi connectivity index (χ0n) is 12.1. The van der Waals surface area contributed by atoms with Crippen LogP contribution in [-0.2, 0) is 16.6 Å². The molecule has 1 rings (SSSR count). The van der Waals surface area contributed by atoms with E-state index in [9.17, 15) is 8.42 Å². The lowest BCUT2D eigenvalue weighted by Crippen LogP contribution is -2.32. The van der Waals surface area contributed by atoms with Gasteiger partial charge in [-0.25, -0.2) is 17.7 Å². The predicted octanol–water partition coefficient (Wildman–Crippen LogP) is 0.751. The average molecular weight is 298 g/mol. The number of hydrogen-bond donors (Lipinski definition) is 2. The Balaban J connectivity index is 2.98. The number of guanidine groups is 1. The second-order valence-electron chi connectivity index (χ2n) is 4.52. The van der Waals surface area contributed by atoms with Gasteiger partial charge in [-0.2, -0.15) is 0 Å². The molecule has 0 amide bonds. The van der Waals surface area contributed by atoms with Gasteiger partial charge in [0.05, 0.1) is 11.4 Å². The van der Waals surface area contributed by atoms with Gasteiger partial charge in [0.15, 0.2) is 5.96 Å². The van der Waals surface area contributed by atoms with Crippen LogP contribution in [0.2, 0.25) is 0 Å². The van der Waals surface area contributed by atoms with E-state index in [1.807, 2.05) is 6.92 Å². The molecule has 7 heteroatoms. The van der Waals surface area contributed by atoms with Crippen LogP contribution in [0.5, 0.6) is 0 Å². The Bertz CT molecular complexity index is 567. The summed E-state index contributed by atoms with van der Waals surface area (Å²) in [6, 6.07) is 6.81. The molecule has 0 aliphatic carbocycles. The van der Waals surface area contributed by atoms with Gasteiger partial charge in [0.1, 0.15) is 0 Å². The van der Waals surface area contributed by atoms with E-state index in [0.29, 0.717) is 11.5 Å². The number of nitrogens with one attached hydrogen (secondary N) is 1. The van der Waals surface area contributed by atoms with Gasteiger partial charge in [-0.05, 0) is 18.1 Å². The maximum absolute atomic E-state index is 12.2. The third-order valence-electron chi connectivity index (χ3n) is 2.71. The SMILES string of the molecule is CCCNC(N)=NCc1ccccc1S(=O)(=O)N(C)C. The molecule has 1 aromatic carbocycles. The molecular formula is C13H22N4O2S. The van der Waals surface area contributed by atoms with Crippen LogP contribution in [0.4, 0.5) is 0 Å². The highest BCUT2D eigenvalue weighted by molar-refractivity contribution is 7.89. The third-order valence-corrected chi connectivity index (χ3v) is 4.62. The van der Waals surface area contributed by atoms with Gasteiger partial charge >= 0.3 is 0 Å². The fourth-order valence-corrected chi connectivity index (χ4v) is 2.67. The van der Waals surface area contributed by atoms with E-state index in [2.05, 4.69) is 10.3 Å². The van der Waals surface area contributed by atoms with Crippen molar-refractivity contribution in [1.82, 2.24) is 9.62 Å². The Morgan fingerprint density at radius 3 is 2.60 bits per heavy atom. The van der Waals surface area contributed by atoms with Gasteiger partial charge in [-0.3, -0.25) is 0 Å². The van der Waals surface area contributed by atoms with Crippen molar-refractivity contribution in [2.45, 2.75) is 24.8 Å². The molecule has 0 aromatic heterocycles. The van der Waals surface area contributed by atoms with E-state index in [1.165, 1.54) is 18.4 Å². The summed E-state index contributed by atoms with van der Waals surface area (Å²) >= 11 is 0. The molecule has 112 valence electrons. The third kappa shape index (κ3) is 4.21. The summed E-state index contributed by atoms with van der Waals surface area (Å²) < 4.78 is 25.6. The highest BCUT2D eigenvalue weighted by Gasteiger charge is 2.20. The molecule has 0 radical (unpaired) electrons. The van der Waals surface area contributed by atoms with Gasteiger partial charge in [-0.1, -0.05) is 25.1 Å². The summed E-state index contributed by atoms with van der Waals surface area (Å²) in [7, 11) is -0.457. The van der Waals surface area contributed by atoms with E-state index >= 15 is 0 Å². The molecule has 0 saturated heterocycles. The normalized spacial score (nSPS) is 12.7. The number of rotatable bonds is 6. The Labute approximate surface area is 120 Å². The fraction of sp³-hybridized carbons (Fsp3) is 0.462. The molecule has 0 aliphatic rings. The molecule has 1 aromatic rings. The molecular weight excluding hydrogens is 276 g/mol. The second-order valence-corrected chi connectivity index (χ2v) is 6.64. The van der Waals surface area contributed by atoms with Gasteiger partial charge in [0, 0.05) is 20.6 Å². The predicted molar refractivity (Wildman–Crippen MR) is 80.9 cm³/mol. The van der Waals surface area contributed by atoms with Crippen LogP contribution in [0, 0.1) is 0 Å². The summed E-state index contributed by atoms with van der Waals surface area (Å²) in [6.07, 6.45) is 0.946. The molecule has 0 spiro atoms. The van der Waals surface area contributed by atoms with Crippen LogP contribution < -0.4 is 11.1 Å². The molecule has 0 aliphatic heterocycles. The van der Waals surface area contributed by atoms with Gasteiger partial charge in [0.2, 0.25) is 10.0 Å². The van der Waals surface area contributed by atoms with Crippen molar-refractivity contribution in [3.63, 3.8) is 0 Å². The lowest BCUT2D eigenvalue weighted by Gasteiger charge is -2.14.